The number of rotatable bonds is 5. The first-order valence-electron chi connectivity index (χ1n) is 7.28. The molecule has 3 aromatic rings. The first-order chi connectivity index (χ1) is 11.6. The molecule has 0 aliphatic heterocycles. The van der Waals surface area contributed by atoms with Crippen LogP contribution in [0.25, 0.3) is 0 Å². The third kappa shape index (κ3) is 3.91. The van der Waals surface area contributed by atoms with Gasteiger partial charge in [0.2, 0.25) is 5.95 Å². The van der Waals surface area contributed by atoms with Crippen molar-refractivity contribution < 1.29 is 4.74 Å². The lowest BCUT2D eigenvalue weighted by Gasteiger charge is -2.10. The highest BCUT2D eigenvalue weighted by atomic mass is 35.5. The average molecular weight is 342 g/mol. The minimum absolute atomic E-state index is 0.397. The Hall–Kier alpha value is -2.86. The van der Waals surface area contributed by atoms with Gasteiger partial charge in [0, 0.05) is 22.5 Å². The number of hydrogen-bond donors (Lipinski definition) is 2. The van der Waals surface area contributed by atoms with Gasteiger partial charge in [0.15, 0.2) is 5.82 Å². The largest absolute Gasteiger partial charge is 0.497 e. The number of anilines is 4. The number of hydrogen-bond acceptors (Lipinski definition) is 6. The second-order valence-electron chi connectivity index (χ2n) is 5.11. The topological polar surface area (TPSA) is 72.0 Å². The molecule has 3 rings (SSSR count). The minimum atomic E-state index is 0.397. The van der Waals surface area contributed by atoms with E-state index < -0.39 is 0 Å². The van der Waals surface area contributed by atoms with E-state index in [1.165, 1.54) is 0 Å². The van der Waals surface area contributed by atoms with Gasteiger partial charge >= 0.3 is 0 Å². The molecule has 0 amide bonds. The standard InChI is InChI=1S/C17H16ClN5O/c1-11-8-12(18)6-7-15(11)21-17-22-16(10-19-23-17)20-13-4-3-5-14(9-13)24-2/h3-10H,1-2H3,(H2,20,21,22,23). The molecular formula is C17H16ClN5O. The van der Waals surface area contributed by atoms with Gasteiger partial charge in [-0.25, -0.2) is 0 Å². The summed E-state index contributed by atoms with van der Waals surface area (Å²) in [5.74, 6) is 1.73. The lowest BCUT2D eigenvalue weighted by atomic mass is 10.2. The number of aromatic nitrogens is 3. The molecule has 0 saturated heterocycles. The Kier molecular flexibility index (Phi) is 4.77. The summed E-state index contributed by atoms with van der Waals surface area (Å²) in [6, 6.07) is 13.1. The van der Waals surface area contributed by atoms with Gasteiger partial charge in [0.1, 0.15) is 5.75 Å². The van der Waals surface area contributed by atoms with E-state index in [0.717, 1.165) is 22.7 Å². The highest BCUT2D eigenvalue weighted by Crippen LogP contribution is 2.23. The number of halogens is 1. The van der Waals surface area contributed by atoms with E-state index >= 15 is 0 Å². The van der Waals surface area contributed by atoms with Crippen molar-refractivity contribution in [1.29, 1.82) is 0 Å². The Labute approximate surface area is 144 Å². The van der Waals surface area contributed by atoms with Crippen molar-refractivity contribution in [1.82, 2.24) is 15.2 Å². The zero-order chi connectivity index (χ0) is 16.9. The maximum atomic E-state index is 5.97. The first kappa shape index (κ1) is 16.0. The van der Waals surface area contributed by atoms with E-state index in [4.69, 9.17) is 16.3 Å². The Balaban J connectivity index is 1.78. The highest BCUT2D eigenvalue weighted by Gasteiger charge is 2.05. The van der Waals surface area contributed by atoms with Gasteiger partial charge in [-0.2, -0.15) is 10.1 Å². The average Bonchev–Trinajstić information content (AvgIpc) is 2.58. The van der Waals surface area contributed by atoms with Crippen LogP contribution in [-0.2, 0) is 0 Å². The van der Waals surface area contributed by atoms with Crippen molar-refractivity contribution >= 4 is 34.7 Å². The molecule has 0 radical (unpaired) electrons. The van der Waals surface area contributed by atoms with E-state index in [2.05, 4.69) is 25.8 Å². The summed E-state index contributed by atoms with van der Waals surface area (Å²) in [5.41, 5.74) is 2.72. The van der Waals surface area contributed by atoms with Gasteiger partial charge in [-0.1, -0.05) is 17.7 Å². The molecule has 0 atom stereocenters. The fraction of sp³-hybridized carbons (Fsp3) is 0.118. The minimum Gasteiger partial charge on any atom is -0.497 e. The molecule has 2 N–H and O–H groups in total. The molecule has 24 heavy (non-hydrogen) atoms. The molecule has 0 unspecified atom stereocenters. The van der Waals surface area contributed by atoms with Crippen LogP contribution in [0.5, 0.6) is 5.75 Å². The van der Waals surface area contributed by atoms with E-state index in [9.17, 15) is 0 Å². The van der Waals surface area contributed by atoms with Gasteiger partial charge in [0.05, 0.1) is 13.3 Å². The van der Waals surface area contributed by atoms with Gasteiger partial charge in [-0.3, -0.25) is 0 Å². The smallest absolute Gasteiger partial charge is 0.249 e. The third-order valence-electron chi connectivity index (χ3n) is 3.34. The highest BCUT2D eigenvalue weighted by molar-refractivity contribution is 6.30. The van der Waals surface area contributed by atoms with Crippen molar-refractivity contribution in [3.63, 3.8) is 0 Å². The molecule has 0 spiro atoms. The fourth-order valence-corrected chi connectivity index (χ4v) is 2.38. The summed E-state index contributed by atoms with van der Waals surface area (Å²) in [6.07, 6.45) is 1.55. The van der Waals surface area contributed by atoms with Crippen LogP contribution in [0, 0.1) is 6.92 Å². The normalized spacial score (nSPS) is 10.3. The monoisotopic (exact) mass is 341 g/mol. The zero-order valence-corrected chi connectivity index (χ0v) is 14.0. The quantitative estimate of drug-likeness (QED) is 0.719. The van der Waals surface area contributed by atoms with Gasteiger partial charge < -0.3 is 15.4 Å². The van der Waals surface area contributed by atoms with Crippen molar-refractivity contribution in [2.24, 2.45) is 0 Å². The molecule has 0 fully saturated rings. The van der Waals surface area contributed by atoms with Crippen LogP contribution in [0.3, 0.4) is 0 Å². The lowest BCUT2D eigenvalue weighted by Crippen LogP contribution is -2.03. The summed E-state index contributed by atoms with van der Waals surface area (Å²) in [7, 11) is 1.63. The van der Waals surface area contributed by atoms with E-state index in [0.29, 0.717) is 16.8 Å². The van der Waals surface area contributed by atoms with Crippen molar-refractivity contribution in [2.45, 2.75) is 6.92 Å². The van der Waals surface area contributed by atoms with Crippen LogP contribution in [0.1, 0.15) is 5.56 Å². The predicted molar refractivity (Wildman–Crippen MR) is 95.6 cm³/mol. The van der Waals surface area contributed by atoms with Crippen LogP contribution in [0.15, 0.2) is 48.7 Å². The number of benzene rings is 2. The lowest BCUT2D eigenvalue weighted by molar-refractivity contribution is 0.415. The van der Waals surface area contributed by atoms with E-state index in [-0.39, 0.29) is 0 Å². The van der Waals surface area contributed by atoms with Crippen LogP contribution >= 0.6 is 11.6 Å². The maximum absolute atomic E-state index is 5.97. The molecule has 1 aromatic heterocycles. The fourth-order valence-electron chi connectivity index (χ4n) is 2.15. The molecule has 1 heterocycles. The Morgan fingerprint density at radius 3 is 2.75 bits per heavy atom. The van der Waals surface area contributed by atoms with Crippen LogP contribution < -0.4 is 15.4 Å². The molecule has 0 bridgehead atoms. The predicted octanol–water partition coefficient (Wildman–Crippen LogP) is 4.33. The molecule has 2 aromatic carbocycles. The van der Waals surface area contributed by atoms with Crippen molar-refractivity contribution in [3.05, 3.63) is 59.2 Å². The number of ether oxygens (including phenoxy) is 1. The third-order valence-corrected chi connectivity index (χ3v) is 3.57. The molecule has 122 valence electrons. The Morgan fingerprint density at radius 1 is 1.08 bits per heavy atom. The van der Waals surface area contributed by atoms with E-state index in [1.54, 1.807) is 13.3 Å². The summed E-state index contributed by atoms with van der Waals surface area (Å²) in [4.78, 5) is 4.41. The van der Waals surface area contributed by atoms with Crippen LogP contribution in [-0.4, -0.2) is 22.3 Å². The second kappa shape index (κ2) is 7.14. The molecule has 0 aliphatic rings. The number of nitrogens with one attached hydrogen (secondary N) is 2. The molecular weight excluding hydrogens is 326 g/mol. The molecule has 0 saturated carbocycles. The summed E-state index contributed by atoms with van der Waals surface area (Å²) in [5, 5.41) is 15.0. The van der Waals surface area contributed by atoms with Crippen molar-refractivity contribution in [3.8, 4) is 5.75 Å². The van der Waals surface area contributed by atoms with Gasteiger partial charge in [-0.05, 0) is 42.8 Å². The Bertz CT molecular complexity index is 856. The van der Waals surface area contributed by atoms with E-state index in [1.807, 2.05) is 49.4 Å². The van der Waals surface area contributed by atoms with Crippen LogP contribution in [0.4, 0.5) is 23.1 Å². The first-order valence-corrected chi connectivity index (χ1v) is 7.66. The molecule has 7 heteroatoms. The zero-order valence-electron chi connectivity index (χ0n) is 13.2. The number of nitrogens with zero attached hydrogens (tertiary/aromatic N) is 3. The summed E-state index contributed by atoms with van der Waals surface area (Å²) < 4.78 is 5.21. The number of aryl methyl sites for hydroxylation is 1. The number of methoxy groups -OCH3 is 1. The van der Waals surface area contributed by atoms with Gasteiger partial charge in [-0.15, -0.1) is 5.10 Å². The molecule has 0 aliphatic carbocycles. The second-order valence-corrected chi connectivity index (χ2v) is 5.54. The summed E-state index contributed by atoms with van der Waals surface area (Å²) >= 11 is 5.97. The SMILES string of the molecule is COc1cccc(Nc2cnnc(Nc3ccc(Cl)cc3C)n2)c1. The Morgan fingerprint density at radius 2 is 1.96 bits per heavy atom. The summed E-state index contributed by atoms with van der Waals surface area (Å²) in [6.45, 7) is 1.96. The van der Waals surface area contributed by atoms with Crippen molar-refractivity contribution in [2.75, 3.05) is 17.7 Å². The van der Waals surface area contributed by atoms with Crippen LogP contribution in [0.2, 0.25) is 5.02 Å². The maximum Gasteiger partial charge on any atom is 0.249 e. The van der Waals surface area contributed by atoms with Gasteiger partial charge in [0.25, 0.3) is 0 Å². The molecule has 6 nitrogen and oxygen atoms in total.